The lowest BCUT2D eigenvalue weighted by Gasteiger charge is -2.59. The van der Waals surface area contributed by atoms with Gasteiger partial charge in [-0.25, -0.2) is 0 Å². The summed E-state index contributed by atoms with van der Waals surface area (Å²) < 4.78 is 5.33. The number of carboxylic acid groups (broad SMARTS) is 1. The summed E-state index contributed by atoms with van der Waals surface area (Å²) in [4.78, 5) is 11.7. The van der Waals surface area contributed by atoms with Gasteiger partial charge in [0.2, 0.25) is 0 Å². The Hall–Kier alpha value is -1.51. The molecule has 3 nitrogen and oxygen atoms in total. The summed E-state index contributed by atoms with van der Waals surface area (Å²) in [7, 11) is 1.60. The fourth-order valence-electron chi connectivity index (χ4n) is 3.76. The molecule has 0 aliphatic heterocycles. The normalized spacial score (nSPS) is 22.9. The number of aliphatic carboxylic acids is 1. The van der Waals surface area contributed by atoms with E-state index in [0.717, 1.165) is 18.4 Å². The van der Waals surface area contributed by atoms with Crippen molar-refractivity contribution in [1.82, 2.24) is 0 Å². The number of rotatable bonds is 3. The number of ether oxygens (including phenoxy) is 1. The highest BCUT2D eigenvalue weighted by Gasteiger charge is 2.62. The number of para-hydroxylation sites is 1. The summed E-state index contributed by atoms with van der Waals surface area (Å²) in [6.07, 6.45) is 5.18. The van der Waals surface area contributed by atoms with Crippen LogP contribution in [0.2, 0.25) is 0 Å². The second kappa shape index (κ2) is 3.74. The molecule has 0 radical (unpaired) electrons. The zero-order valence-corrected chi connectivity index (χ0v) is 10.6. The van der Waals surface area contributed by atoms with E-state index < -0.39 is 11.4 Å². The summed E-state index contributed by atoms with van der Waals surface area (Å²) in [5.74, 6) is -0.00130. The van der Waals surface area contributed by atoms with Gasteiger partial charge in [0.05, 0.1) is 12.5 Å². The molecule has 18 heavy (non-hydrogen) atoms. The first-order chi connectivity index (χ1) is 8.62. The number of hydrogen-bond donors (Lipinski definition) is 1. The molecule has 2 saturated carbocycles. The molecule has 0 saturated heterocycles. The Kier molecular flexibility index (Phi) is 2.40. The largest absolute Gasteiger partial charge is 0.496 e. The smallest absolute Gasteiger partial charge is 0.314 e. The molecule has 2 fully saturated rings. The number of hydrogen-bond acceptors (Lipinski definition) is 2. The molecule has 3 heteroatoms. The summed E-state index contributed by atoms with van der Waals surface area (Å²) in [5.41, 5.74) is 0.448. The monoisotopic (exact) mass is 246 g/mol. The highest BCUT2D eigenvalue weighted by Crippen LogP contribution is 2.65. The molecule has 2 aliphatic carbocycles. The number of carboxylic acids is 1. The van der Waals surface area contributed by atoms with E-state index in [1.54, 1.807) is 7.11 Å². The second-order valence-electron chi connectivity index (χ2n) is 5.79. The summed E-state index contributed by atoms with van der Waals surface area (Å²) in [6, 6.07) is 7.54. The maximum atomic E-state index is 11.7. The van der Waals surface area contributed by atoms with Crippen LogP contribution in [0, 0.1) is 5.41 Å². The summed E-state index contributed by atoms with van der Waals surface area (Å²) in [6.45, 7) is 0. The molecule has 1 N–H and O–H groups in total. The molecule has 0 bridgehead atoms. The second-order valence-corrected chi connectivity index (χ2v) is 5.79. The van der Waals surface area contributed by atoms with Gasteiger partial charge in [-0.3, -0.25) is 4.79 Å². The molecule has 0 amide bonds. The van der Waals surface area contributed by atoms with E-state index in [9.17, 15) is 9.90 Å². The Morgan fingerprint density at radius 2 is 1.94 bits per heavy atom. The molecule has 1 aromatic carbocycles. The topological polar surface area (TPSA) is 46.5 Å². The van der Waals surface area contributed by atoms with Gasteiger partial charge in [-0.05, 0) is 37.2 Å². The van der Waals surface area contributed by atoms with Crippen LogP contribution in [0.25, 0.3) is 0 Å². The molecular formula is C15H18O3. The Morgan fingerprint density at radius 1 is 1.28 bits per heavy atom. The third-order valence-electron chi connectivity index (χ3n) is 4.80. The van der Waals surface area contributed by atoms with Crippen LogP contribution in [0.1, 0.15) is 37.7 Å². The van der Waals surface area contributed by atoms with Crippen molar-refractivity contribution in [1.29, 1.82) is 0 Å². The van der Waals surface area contributed by atoms with Crippen molar-refractivity contribution in [2.75, 3.05) is 7.11 Å². The lowest BCUT2D eigenvalue weighted by Crippen LogP contribution is -2.57. The van der Waals surface area contributed by atoms with E-state index in [4.69, 9.17) is 4.74 Å². The zero-order chi connectivity index (χ0) is 12.8. The lowest BCUT2D eigenvalue weighted by molar-refractivity contribution is -0.160. The Bertz CT molecular complexity index is 480. The van der Waals surface area contributed by atoms with Gasteiger partial charge < -0.3 is 9.84 Å². The van der Waals surface area contributed by atoms with Crippen molar-refractivity contribution >= 4 is 5.97 Å². The summed E-state index contributed by atoms with van der Waals surface area (Å²) >= 11 is 0. The first-order valence-electron chi connectivity index (χ1n) is 6.49. The Balaban J connectivity index is 1.98. The molecule has 96 valence electrons. The van der Waals surface area contributed by atoms with Gasteiger partial charge in [-0.1, -0.05) is 24.6 Å². The Morgan fingerprint density at radius 3 is 2.44 bits per heavy atom. The standard InChI is InChI=1S/C15H18O3/c1-18-12-6-3-2-5-11(12)15(13(16)17)9-14(10-15)7-4-8-14/h2-3,5-6H,4,7-10H2,1H3,(H,16,17). The van der Waals surface area contributed by atoms with Crippen LogP contribution >= 0.6 is 0 Å². The SMILES string of the molecule is COc1ccccc1C1(C(=O)O)CC2(CCC2)C1. The first-order valence-corrected chi connectivity index (χ1v) is 6.49. The van der Waals surface area contributed by atoms with Gasteiger partial charge in [-0.15, -0.1) is 0 Å². The van der Waals surface area contributed by atoms with Gasteiger partial charge in [0.1, 0.15) is 5.75 Å². The van der Waals surface area contributed by atoms with Crippen LogP contribution in [0.15, 0.2) is 24.3 Å². The minimum atomic E-state index is -0.715. The number of benzene rings is 1. The maximum Gasteiger partial charge on any atom is 0.314 e. The van der Waals surface area contributed by atoms with Crippen LogP contribution in [0.5, 0.6) is 5.75 Å². The minimum Gasteiger partial charge on any atom is -0.496 e. The van der Waals surface area contributed by atoms with Gasteiger partial charge in [0, 0.05) is 5.56 Å². The molecular weight excluding hydrogens is 228 g/mol. The van der Waals surface area contributed by atoms with Crippen molar-refractivity contribution in [2.45, 2.75) is 37.5 Å². The zero-order valence-electron chi connectivity index (χ0n) is 10.6. The van der Waals surface area contributed by atoms with Gasteiger partial charge in [-0.2, -0.15) is 0 Å². The fourth-order valence-corrected chi connectivity index (χ4v) is 3.76. The molecule has 0 heterocycles. The molecule has 0 aromatic heterocycles. The van der Waals surface area contributed by atoms with Crippen molar-refractivity contribution in [3.8, 4) is 5.75 Å². The third-order valence-corrected chi connectivity index (χ3v) is 4.80. The van der Waals surface area contributed by atoms with Crippen LogP contribution in [-0.4, -0.2) is 18.2 Å². The van der Waals surface area contributed by atoms with Crippen molar-refractivity contribution in [3.63, 3.8) is 0 Å². The van der Waals surface area contributed by atoms with Crippen molar-refractivity contribution in [3.05, 3.63) is 29.8 Å². The van der Waals surface area contributed by atoms with Crippen molar-refractivity contribution in [2.24, 2.45) is 5.41 Å². The predicted octanol–water partition coefficient (Wildman–Crippen LogP) is 2.98. The van der Waals surface area contributed by atoms with Crippen molar-refractivity contribution < 1.29 is 14.6 Å². The number of methoxy groups -OCH3 is 1. The van der Waals surface area contributed by atoms with Gasteiger partial charge in [0.25, 0.3) is 0 Å². The van der Waals surface area contributed by atoms with E-state index in [-0.39, 0.29) is 0 Å². The molecule has 0 atom stereocenters. The fraction of sp³-hybridized carbons (Fsp3) is 0.533. The quantitative estimate of drug-likeness (QED) is 0.891. The average molecular weight is 246 g/mol. The number of carbonyl (C=O) groups is 1. The highest BCUT2D eigenvalue weighted by molar-refractivity contribution is 5.84. The van der Waals surface area contributed by atoms with E-state index in [1.165, 1.54) is 19.3 Å². The van der Waals surface area contributed by atoms with E-state index in [2.05, 4.69) is 0 Å². The molecule has 3 rings (SSSR count). The van der Waals surface area contributed by atoms with Crippen LogP contribution in [-0.2, 0) is 10.2 Å². The van der Waals surface area contributed by atoms with E-state index in [1.807, 2.05) is 24.3 Å². The van der Waals surface area contributed by atoms with E-state index >= 15 is 0 Å². The summed E-state index contributed by atoms with van der Waals surface area (Å²) in [5, 5.41) is 9.65. The predicted molar refractivity (Wildman–Crippen MR) is 67.8 cm³/mol. The first kappa shape index (κ1) is 11.6. The average Bonchev–Trinajstić information content (AvgIpc) is 2.26. The van der Waals surface area contributed by atoms with Gasteiger partial charge in [0.15, 0.2) is 0 Å². The van der Waals surface area contributed by atoms with E-state index in [0.29, 0.717) is 11.2 Å². The van der Waals surface area contributed by atoms with Crippen LogP contribution in [0.4, 0.5) is 0 Å². The molecule has 0 unspecified atom stereocenters. The minimum absolute atomic E-state index is 0.319. The molecule has 1 spiro atoms. The van der Waals surface area contributed by atoms with Gasteiger partial charge >= 0.3 is 5.97 Å². The Labute approximate surface area is 107 Å². The lowest BCUT2D eigenvalue weighted by atomic mass is 9.43. The third kappa shape index (κ3) is 1.39. The highest BCUT2D eigenvalue weighted by atomic mass is 16.5. The molecule has 1 aromatic rings. The molecule has 2 aliphatic rings. The van der Waals surface area contributed by atoms with Crippen LogP contribution < -0.4 is 4.74 Å². The maximum absolute atomic E-state index is 11.7. The van der Waals surface area contributed by atoms with Crippen LogP contribution in [0.3, 0.4) is 0 Å².